The van der Waals surface area contributed by atoms with Crippen molar-refractivity contribution in [1.82, 2.24) is 9.97 Å². The van der Waals surface area contributed by atoms with E-state index in [2.05, 4.69) is 30.7 Å². The average Bonchev–Trinajstić information content (AvgIpc) is 2.85. The highest BCUT2D eigenvalue weighted by Crippen LogP contribution is 2.43. The van der Waals surface area contributed by atoms with Crippen LogP contribution >= 0.6 is 0 Å². The Balaban J connectivity index is 2.11. The second-order valence-electron chi connectivity index (χ2n) is 5.97. The second kappa shape index (κ2) is 3.07. The standard InChI is InChI=1S/C13H17N3O/c1-12(2,3)11-16-9-6-8(13(14)4-5-13)7-15-10(9)17-11/h6-7H,4-5,14H2,1-3H3. The molecule has 90 valence electrons. The van der Waals surface area contributed by atoms with E-state index < -0.39 is 0 Å². The summed E-state index contributed by atoms with van der Waals surface area (Å²) < 4.78 is 5.66. The van der Waals surface area contributed by atoms with Crippen molar-refractivity contribution < 1.29 is 4.42 Å². The van der Waals surface area contributed by atoms with Gasteiger partial charge in [0.1, 0.15) is 5.52 Å². The summed E-state index contributed by atoms with van der Waals surface area (Å²) in [6.45, 7) is 6.22. The number of rotatable bonds is 1. The van der Waals surface area contributed by atoms with Gasteiger partial charge in [0.15, 0.2) is 0 Å². The number of hydrogen-bond donors (Lipinski definition) is 1. The monoisotopic (exact) mass is 231 g/mol. The molecule has 2 heterocycles. The van der Waals surface area contributed by atoms with Crippen LogP contribution in [-0.2, 0) is 11.0 Å². The fraction of sp³-hybridized carbons (Fsp3) is 0.538. The van der Waals surface area contributed by atoms with Gasteiger partial charge in [-0.3, -0.25) is 0 Å². The van der Waals surface area contributed by atoms with E-state index in [1.807, 2.05) is 12.3 Å². The first kappa shape index (κ1) is 10.7. The zero-order valence-corrected chi connectivity index (χ0v) is 10.4. The Morgan fingerprint density at radius 2 is 2.06 bits per heavy atom. The number of nitrogens with two attached hydrogens (primary N) is 1. The predicted molar refractivity (Wildman–Crippen MR) is 65.6 cm³/mol. The minimum Gasteiger partial charge on any atom is -0.422 e. The van der Waals surface area contributed by atoms with Crippen LogP contribution in [0.4, 0.5) is 0 Å². The van der Waals surface area contributed by atoms with Crippen molar-refractivity contribution in [1.29, 1.82) is 0 Å². The minimum absolute atomic E-state index is 0.0964. The maximum Gasteiger partial charge on any atom is 0.246 e. The Morgan fingerprint density at radius 3 is 2.65 bits per heavy atom. The molecule has 0 atom stereocenters. The molecule has 4 heteroatoms. The van der Waals surface area contributed by atoms with Crippen LogP contribution in [0, 0.1) is 0 Å². The summed E-state index contributed by atoms with van der Waals surface area (Å²) in [4.78, 5) is 8.81. The lowest BCUT2D eigenvalue weighted by molar-refractivity contribution is 0.407. The van der Waals surface area contributed by atoms with Crippen molar-refractivity contribution in [2.45, 2.75) is 44.6 Å². The van der Waals surface area contributed by atoms with Crippen LogP contribution in [0.3, 0.4) is 0 Å². The van der Waals surface area contributed by atoms with E-state index in [-0.39, 0.29) is 11.0 Å². The van der Waals surface area contributed by atoms with Crippen LogP contribution in [0.25, 0.3) is 11.2 Å². The molecule has 0 spiro atoms. The highest BCUT2D eigenvalue weighted by molar-refractivity contribution is 5.69. The quantitative estimate of drug-likeness (QED) is 0.818. The Kier molecular flexibility index (Phi) is 1.94. The van der Waals surface area contributed by atoms with Crippen LogP contribution in [-0.4, -0.2) is 9.97 Å². The first-order valence-corrected chi connectivity index (χ1v) is 5.95. The molecular weight excluding hydrogens is 214 g/mol. The molecule has 0 radical (unpaired) electrons. The predicted octanol–water partition coefficient (Wildman–Crippen LogP) is 2.47. The van der Waals surface area contributed by atoms with Crippen molar-refractivity contribution in [2.75, 3.05) is 0 Å². The molecule has 1 saturated carbocycles. The molecule has 0 bridgehead atoms. The van der Waals surface area contributed by atoms with Gasteiger partial charge in [-0.1, -0.05) is 20.8 Å². The third-order valence-corrected chi connectivity index (χ3v) is 3.25. The number of aromatic nitrogens is 2. The largest absolute Gasteiger partial charge is 0.422 e. The van der Waals surface area contributed by atoms with Gasteiger partial charge in [0.25, 0.3) is 0 Å². The molecule has 2 aromatic rings. The number of fused-ring (bicyclic) bond motifs is 1. The van der Waals surface area contributed by atoms with E-state index >= 15 is 0 Å². The molecular formula is C13H17N3O. The van der Waals surface area contributed by atoms with Crippen LogP contribution in [0.1, 0.15) is 45.1 Å². The Bertz CT molecular complexity index is 573. The number of nitrogens with zero attached hydrogens (tertiary/aromatic N) is 2. The molecule has 0 aromatic carbocycles. The van der Waals surface area contributed by atoms with Gasteiger partial charge in [0, 0.05) is 17.2 Å². The fourth-order valence-corrected chi connectivity index (χ4v) is 1.84. The van der Waals surface area contributed by atoms with Gasteiger partial charge in [0.2, 0.25) is 11.6 Å². The Labute approximate surface area is 100 Å². The number of pyridine rings is 1. The van der Waals surface area contributed by atoms with E-state index in [0.717, 1.165) is 29.8 Å². The van der Waals surface area contributed by atoms with Crippen molar-refractivity contribution in [3.8, 4) is 0 Å². The SMILES string of the molecule is CC(C)(C)c1nc2cc(C3(N)CC3)cnc2o1. The van der Waals surface area contributed by atoms with Crippen LogP contribution in [0.5, 0.6) is 0 Å². The summed E-state index contributed by atoms with van der Waals surface area (Å²) in [6, 6.07) is 2.01. The maximum atomic E-state index is 6.15. The first-order chi connectivity index (χ1) is 7.88. The van der Waals surface area contributed by atoms with Gasteiger partial charge in [-0.25, -0.2) is 9.97 Å². The van der Waals surface area contributed by atoms with Crippen molar-refractivity contribution in [3.05, 3.63) is 23.7 Å². The van der Waals surface area contributed by atoms with Gasteiger partial charge in [-0.05, 0) is 24.5 Å². The molecule has 1 aliphatic carbocycles. The van der Waals surface area contributed by atoms with Crippen molar-refractivity contribution in [2.24, 2.45) is 5.73 Å². The first-order valence-electron chi connectivity index (χ1n) is 5.95. The summed E-state index contributed by atoms with van der Waals surface area (Å²) in [6.07, 6.45) is 3.88. The van der Waals surface area contributed by atoms with Gasteiger partial charge in [0.05, 0.1) is 0 Å². The molecule has 2 aromatic heterocycles. The zero-order chi connectivity index (χ0) is 12.3. The molecule has 0 unspecified atom stereocenters. The highest BCUT2D eigenvalue weighted by atomic mass is 16.4. The summed E-state index contributed by atoms with van der Waals surface area (Å²) >= 11 is 0. The van der Waals surface area contributed by atoms with Crippen LogP contribution in [0.2, 0.25) is 0 Å². The molecule has 2 N–H and O–H groups in total. The molecule has 17 heavy (non-hydrogen) atoms. The topological polar surface area (TPSA) is 64.9 Å². The van der Waals surface area contributed by atoms with Crippen LogP contribution in [0.15, 0.2) is 16.7 Å². The zero-order valence-electron chi connectivity index (χ0n) is 10.4. The summed E-state index contributed by atoms with van der Waals surface area (Å²) in [7, 11) is 0. The summed E-state index contributed by atoms with van der Waals surface area (Å²) in [5, 5.41) is 0. The minimum atomic E-state index is -0.165. The maximum absolute atomic E-state index is 6.15. The lowest BCUT2D eigenvalue weighted by atomic mass is 9.97. The fourth-order valence-electron chi connectivity index (χ4n) is 1.84. The van der Waals surface area contributed by atoms with Gasteiger partial charge >= 0.3 is 0 Å². The third-order valence-electron chi connectivity index (χ3n) is 3.25. The normalized spacial score (nSPS) is 18.6. The smallest absolute Gasteiger partial charge is 0.246 e. The van der Waals surface area contributed by atoms with Gasteiger partial charge in [-0.2, -0.15) is 0 Å². The van der Waals surface area contributed by atoms with Crippen LogP contribution < -0.4 is 5.73 Å². The van der Waals surface area contributed by atoms with E-state index in [4.69, 9.17) is 10.2 Å². The van der Waals surface area contributed by atoms with E-state index in [1.165, 1.54) is 0 Å². The van der Waals surface area contributed by atoms with Crippen molar-refractivity contribution >= 4 is 11.2 Å². The Hall–Kier alpha value is -1.42. The van der Waals surface area contributed by atoms with Crippen molar-refractivity contribution in [3.63, 3.8) is 0 Å². The lowest BCUT2D eigenvalue weighted by Crippen LogP contribution is -2.18. The Morgan fingerprint density at radius 1 is 1.35 bits per heavy atom. The van der Waals surface area contributed by atoms with E-state index in [1.54, 1.807) is 0 Å². The molecule has 1 aliphatic rings. The summed E-state index contributed by atoms with van der Waals surface area (Å²) in [5.74, 6) is 0.721. The molecule has 3 rings (SSSR count). The molecule has 1 fully saturated rings. The second-order valence-corrected chi connectivity index (χ2v) is 5.97. The van der Waals surface area contributed by atoms with E-state index in [9.17, 15) is 0 Å². The summed E-state index contributed by atoms with van der Waals surface area (Å²) in [5.41, 5.74) is 8.37. The number of oxazole rings is 1. The molecule has 4 nitrogen and oxygen atoms in total. The van der Waals surface area contributed by atoms with Gasteiger partial charge < -0.3 is 10.2 Å². The third kappa shape index (κ3) is 1.72. The average molecular weight is 231 g/mol. The van der Waals surface area contributed by atoms with E-state index in [0.29, 0.717) is 5.71 Å². The highest BCUT2D eigenvalue weighted by Gasteiger charge is 2.40. The number of hydrogen-bond acceptors (Lipinski definition) is 4. The molecule has 0 amide bonds. The molecule has 0 saturated heterocycles. The van der Waals surface area contributed by atoms with Gasteiger partial charge in [-0.15, -0.1) is 0 Å². The molecule has 0 aliphatic heterocycles. The lowest BCUT2D eigenvalue weighted by Gasteiger charge is -2.11.